The van der Waals surface area contributed by atoms with E-state index in [0.29, 0.717) is 4.52 Å². The highest BCUT2D eigenvalue weighted by atomic mass is 35.5. The molecule has 0 aliphatic heterocycles. The molecule has 0 fully saturated rings. The van der Waals surface area contributed by atoms with Gasteiger partial charge in [-0.05, 0) is 36.4 Å². The molecular formula is C21H13ClF5N5O4S. The number of anilines is 1. The van der Waals surface area contributed by atoms with Crippen LogP contribution in [0.15, 0.2) is 59.6 Å². The normalized spacial score (nSPS) is 12.2. The summed E-state index contributed by atoms with van der Waals surface area (Å²) in [6, 6.07) is 7.84. The first kappa shape index (κ1) is 26.2. The van der Waals surface area contributed by atoms with Crippen molar-refractivity contribution in [1.29, 1.82) is 0 Å². The summed E-state index contributed by atoms with van der Waals surface area (Å²) in [6.45, 7) is 0. The van der Waals surface area contributed by atoms with Crippen LogP contribution in [-0.4, -0.2) is 29.1 Å². The molecule has 0 unspecified atom stereocenters. The monoisotopic (exact) mass is 561 g/mol. The highest BCUT2D eigenvalue weighted by Crippen LogP contribution is 2.33. The fraction of sp³-hybridized carbons (Fsp3) is 0.0952. The molecule has 4 aromatic rings. The summed E-state index contributed by atoms with van der Waals surface area (Å²) in [5.74, 6) is -0.383. The molecule has 2 aromatic heterocycles. The second-order valence-corrected chi connectivity index (χ2v) is 9.36. The van der Waals surface area contributed by atoms with E-state index < -0.39 is 40.0 Å². The molecule has 9 nitrogen and oxygen atoms in total. The van der Waals surface area contributed by atoms with Crippen LogP contribution in [0.2, 0.25) is 5.02 Å². The van der Waals surface area contributed by atoms with E-state index in [2.05, 4.69) is 15.4 Å². The average molecular weight is 562 g/mol. The van der Waals surface area contributed by atoms with Crippen LogP contribution in [0.5, 0.6) is 5.75 Å². The van der Waals surface area contributed by atoms with Gasteiger partial charge in [-0.15, -0.1) is 0 Å². The van der Waals surface area contributed by atoms with Crippen LogP contribution < -0.4 is 15.2 Å². The number of sulfonamides is 1. The predicted molar refractivity (Wildman–Crippen MR) is 121 cm³/mol. The molecule has 0 spiro atoms. The molecule has 0 radical (unpaired) electrons. The Morgan fingerprint density at radius 3 is 2.38 bits per heavy atom. The van der Waals surface area contributed by atoms with E-state index in [1.807, 2.05) is 0 Å². The summed E-state index contributed by atoms with van der Waals surface area (Å²) < 4.78 is 94.9. The first-order valence-corrected chi connectivity index (χ1v) is 11.8. The number of ether oxygens (including phenoxy) is 1. The molecule has 0 aliphatic carbocycles. The maximum atomic E-state index is 13.7. The Hall–Kier alpha value is -3.82. The molecule has 4 rings (SSSR count). The van der Waals surface area contributed by atoms with Crippen molar-refractivity contribution in [1.82, 2.24) is 14.6 Å². The van der Waals surface area contributed by atoms with Gasteiger partial charge in [-0.1, -0.05) is 23.7 Å². The summed E-state index contributed by atoms with van der Waals surface area (Å²) in [4.78, 5) is 16.2. The number of halogens is 6. The molecule has 1 amide bonds. The second-order valence-electron chi connectivity index (χ2n) is 7.39. The zero-order valence-corrected chi connectivity index (χ0v) is 19.6. The Labute approximate surface area is 209 Å². The Bertz CT molecular complexity index is 1610. The topological polar surface area (TPSA) is 129 Å². The number of primary sulfonamides is 1. The van der Waals surface area contributed by atoms with Crippen LogP contribution in [0.3, 0.4) is 0 Å². The molecule has 3 N–H and O–H groups in total. The minimum atomic E-state index is -4.60. The molecule has 194 valence electrons. The van der Waals surface area contributed by atoms with Crippen molar-refractivity contribution < 1.29 is 39.9 Å². The molecule has 0 aliphatic rings. The maximum absolute atomic E-state index is 13.7. The van der Waals surface area contributed by atoms with Crippen molar-refractivity contribution in [2.45, 2.75) is 17.5 Å². The number of nitrogens with zero attached hydrogens (tertiary/aromatic N) is 3. The fourth-order valence-corrected chi connectivity index (χ4v) is 3.89. The van der Waals surface area contributed by atoms with Crippen LogP contribution in [-0.2, 0) is 16.2 Å². The molecule has 0 saturated heterocycles. The Balaban J connectivity index is 1.68. The molecule has 2 heterocycles. The Morgan fingerprint density at radius 2 is 1.78 bits per heavy atom. The summed E-state index contributed by atoms with van der Waals surface area (Å²) in [5.41, 5.74) is -2.18. The number of aromatic nitrogens is 3. The lowest BCUT2D eigenvalue weighted by Crippen LogP contribution is -2.18. The van der Waals surface area contributed by atoms with Crippen LogP contribution >= 0.6 is 11.6 Å². The van der Waals surface area contributed by atoms with E-state index in [4.69, 9.17) is 21.5 Å². The van der Waals surface area contributed by atoms with E-state index in [1.54, 1.807) is 0 Å². The van der Waals surface area contributed by atoms with Crippen molar-refractivity contribution in [2.75, 3.05) is 5.32 Å². The second kappa shape index (κ2) is 9.57. The standard InChI is InChI=1S/C21H13ClF5N5O4S/c22-13-6-5-12(37(28,34)35)7-15(13)31-20(33)36-17-9-29-32-16(18(23)24)8-14(30-19(17)32)10-1-3-11(4-2-10)21(25,26)27/h1-9,18H,(H,31,33)(H2,28,34,35). The lowest BCUT2D eigenvalue weighted by Gasteiger charge is -2.11. The zero-order chi connectivity index (χ0) is 27.1. The fourth-order valence-electron chi connectivity index (χ4n) is 3.18. The summed E-state index contributed by atoms with van der Waals surface area (Å²) in [6.07, 6.45) is -7.95. The molecule has 0 bridgehead atoms. The number of benzene rings is 2. The van der Waals surface area contributed by atoms with E-state index in [0.717, 1.165) is 48.7 Å². The minimum absolute atomic E-state index is 0.0630. The first-order valence-electron chi connectivity index (χ1n) is 9.89. The molecule has 0 saturated carbocycles. The Morgan fingerprint density at radius 1 is 1.11 bits per heavy atom. The van der Waals surface area contributed by atoms with Gasteiger partial charge in [0.1, 0.15) is 5.69 Å². The van der Waals surface area contributed by atoms with Crippen molar-refractivity contribution in [3.63, 3.8) is 0 Å². The summed E-state index contributed by atoms with van der Waals surface area (Å²) >= 11 is 5.96. The molecule has 0 atom stereocenters. The van der Waals surface area contributed by atoms with Gasteiger partial charge in [0.25, 0.3) is 6.43 Å². The number of hydrogen-bond acceptors (Lipinski definition) is 6. The number of alkyl halides is 5. The number of fused-ring (bicyclic) bond motifs is 1. The minimum Gasteiger partial charge on any atom is -0.404 e. The van der Waals surface area contributed by atoms with Gasteiger partial charge in [0.2, 0.25) is 10.0 Å². The third kappa shape index (κ3) is 5.63. The van der Waals surface area contributed by atoms with E-state index in [9.17, 15) is 35.2 Å². The van der Waals surface area contributed by atoms with Gasteiger partial charge in [-0.2, -0.15) is 18.3 Å². The third-order valence-corrected chi connectivity index (χ3v) is 6.14. The van der Waals surface area contributed by atoms with Gasteiger partial charge < -0.3 is 4.74 Å². The number of nitrogens with one attached hydrogen (secondary N) is 1. The van der Waals surface area contributed by atoms with E-state index in [1.165, 1.54) is 6.07 Å². The third-order valence-electron chi connectivity index (χ3n) is 4.90. The van der Waals surface area contributed by atoms with Gasteiger partial charge in [0.15, 0.2) is 11.4 Å². The molecular weight excluding hydrogens is 549 g/mol. The number of carbonyl (C=O) groups excluding carboxylic acids is 1. The van der Waals surface area contributed by atoms with Gasteiger partial charge in [0, 0.05) is 5.56 Å². The number of nitrogens with two attached hydrogens (primary N) is 1. The quantitative estimate of drug-likeness (QED) is 0.320. The summed E-state index contributed by atoms with van der Waals surface area (Å²) in [7, 11) is -4.12. The molecule has 37 heavy (non-hydrogen) atoms. The van der Waals surface area contributed by atoms with Crippen LogP contribution in [0.25, 0.3) is 16.9 Å². The molecule has 2 aromatic carbocycles. The largest absolute Gasteiger partial charge is 0.417 e. The number of carbonyl (C=O) groups is 1. The predicted octanol–water partition coefficient (Wildman–Crippen LogP) is 5.26. The smallest absolute Gasteiger partial charge is 0.404 e. The van der Waals surface area contributed by atoms with Crippen molar-refractivity contribution in [2.24, 2.45) is 5.14 Å². The van der Waals surface area contributed by atoms with Gasteiger partial charge >= 0.3 is 12.3 Å². The van der Waals surface area contributed by atoms with Gasteiger partial charge in [-0.25, -0.2) is 36.6 Å². The van der Waals surface area contributed by atoms with Crippen molar-refractivity contribution in [3.05, 3.63) is 71.0 Å². The van der Waals surface area contributed by atoms with Crippen LogP contribution in [0.4, 0.5) is 32.4 Å². The average Bonchev–Trinajstić information content (AvgIpc) is 3.21. The number of hydrogen-bond donors (Lipinski definition) is 2. The van der Waals surface area contributed by atoms with E-state index >= 15 is 0 Å². The highest BCUT2D eigenvalue weighted by molar-refractivity contribution is 7.89. The van der Waals surface area contributed by atoms with Crippen LogP contribution in [0.1, 0.15) is 17.7 Å². The van der Waals surface area contributed by atoms with Crippen molar-refractivity contribution in [3.8, 4) is 17.0 Å². The van der Waals surface area contributed by atoms with E-state index in [-0.39, 0.29) is 38.3 Å². The molecule has 16 heteroatoms. The number of amides is 1. The van der Waals surface area contributed by atoms with Gasteiger partial charge in [0.05, 0.1) is 33.1 Å². The van der Waals surface area contributed by atoms with Crippen LogP contribution in [0, 0.1) is 0 Å². The Kier molecular flexibility index (Phi) is 6.79. The zero-order valence-electron chi connectivity index (χ0n) is 18.0. The lowest BCUT2D eigenvalue weighted by atomic mass is 10.1. The van der Waals surface area contributed by atoms with Crippen molar-refractivity contribution >= 4 is 39.1 Å². The lowest BCUT2D eigenvalue weighted by molar-refractivity contribution is -0.137. The number of rotatable bonds is 5. The highest BCUT2D eigenvalue weighted by Gasteiger charge is 2.30. The van der Waals surface area contributed by atoms with Gasteiger partial charge in [-0.3, -0.25) is 5.32 Å². The summed E-state index contributed by atoms with van der Waals surface area (Å²) in [5, 5.41) is 10.9. The SMILES string of the molecule is NS(=O)(=O)c1ccc(Cl)c(NC(=O)Oc2cnn3c(C(F)F)cc(-c4ccc(C(F)(F)F)cc4)nc23)c1. The first-order chi connectivity index (χ1) is 17.2. The maximum Gasteiger partial charge on any atom is 0.417 e.